The number of carboxylic acids is 1. The maximum absolute atomic E-state index is 11.2. The van der Waals surface area contributed by atoms with E-state index in [9.17, 15) is 9.59 Å². The van der Waals surface area contributed by atoms with Crippen molar-refractivity contribution in [2.45, 2.75) is 32.2 Å². The van der Waals surface area contributed by atoms with Crippen LogP contribution >= 0.6 is 0 Å². The van der Waals surface area contributed by atoms with Gasteiger partial charge in [0, 0.05) is 12.6 Å². The number of nitrogens with one attached hydrogen (secondary N) is 2. The first-order valence-corrected chi connectivity index (χ1v) is 5.38. The van der Waals surface area contributed by atoms with E-state index in [1.165, 1.54) is 0 Å². The highest BCUT2D eigenvalue weighted by Crippen LogP contribution is 2.27. The van der Waals surface area contributed by atoms with Gasteiger partial charge in [0.2, 0.25) is 5.91 Å². The van der Waals surface area contributed by atoms with E-state index < -0.39 is 5.97 Å². The minimum atomic E-state index is -0.771. The molecule has 15 heavy (non-hydrogen) atoms. The van der Waals surface area contributed by atoms with E-state index in [0.717, 1.165) is 12.8 Å². The lowest BCUT2D eigenvalue weighted by Gasteiger charge is -2.33. The highest BCUT2D eigenvalue weighted by Gasteiger charge is 2.36. The topological polar surface area (TPSA) is 78.4 Å². The summed E-state index contributed by atoms with van der Waals surface area (Å²) in [6.07, 6.45) is 2.47. The van der Waals surface area contributed by atoms with Crippen LogP contribution in [0.3, 0.4) is 0 Å². The molecule has 5 heteroatoms. The summed E-state index contributed by atoms with van der Waals surface area (Å²) in [5.41, 5.74) is 0. The van der Waals surface area contributed by atoms with E-state index >= 15 is 0 Å². The largest absolute Gasteiger partial charge is 0.481 e. The molecule has 2 atom stereocenters. The lowest BCUT2D eigenvalue weighted by atomic mass is 9.79. The molecule has 0 aliphatic heterocycles. The molecule has 1 aliphatic rings. The molecule has 0 radical (unpaired) electrons. The van der Waals surface area contributed by atoms with Gasteiger partial charge in [0.05, 0.1) is 12.5 Å². The number of amides is 1. The molecule has 0 bridgehead atoms. The lowest BCUT2D eigenvalue weighted by molar-refractivity contribution is -0.146. The summed E-state index contributed by atoms with van der Waals surface area (Å²) in [6, 6.07) is -0.0325. The van der Waals surface area contributed by atoms with E-state index in [1.54, 1.807) is 0 Å². The molecule has 0 saturated heterocycles. The molecule has 1 aliphatic carbocycles. The monoisotopic (exact) mass is 214 g/mol. The Kier molecular flexibility index (Phi) is 4.55. The Labute approximate surface area is 89.2 Å². The fraction of sp³-hybridized carbons (Fsp3) is 0.800. The van der Waals surface area contributed by atoms with Crippen molar-refractivity contribution in [3.8, 4) is 0 Å². The van der Waals surface area contributed by atoms with E-state index in [-0.39, 0.29) is 24.4 Å². The molecule has 0 spiro atoms. The van der Waals surface area contributed by atoms with Gasteiger partial charge in [-0.2, -0.15) is 0 Å². The summed E-state index contributed by atoms with van der Waals surface area (Å²) in [5, 5.41) is 14.5. The van der Waals surface area contributed by atoms with Crippen LogP contribution in [0.15, 0.2) is 0 Å². The maximum Gasteiger partial charge on any atom is 0.308 e. The number of carboxylic acid groups (broad SMARTS) is 1. The summed E-state index contributed by atoms with van der Waals surface area (Å²) >= 11 is 0. The molecule has 2 unspecified atom stereocenters. The van der Waals surface area contributed by atoms with Gasteiger partial charge in [-0.3, -0.25) is 9.59 Å². The van der Waals surface area contributed by atoms with Gasteiger partial charge in [-0.1, -0.05) is 6.92 Å². The highest BCUT2D eigenvalue weighted by molar-refractivity contribution is 5.78. The molecule has 3 N–H and O–H groups in total. The minimum absolute atomic E-state index is 0.0325. The lowest BCUT2D eigenvalue weighted by Crippen LogP contribution is -2.50. The third-order valence-corrected chi connectivity index (χ3v) is 2.69. The fourth-order valence-electron chi connectivity index (χ4n) is 1.59. The number of rotatable bonds is 6. The molecular formula is C10H18N2O3. The Balaban J connectivity index is 2.14. The van der Waals surface area contributed by atoms with Crippen molar-refractivity contribution < 1.29 is 14.7 Å². The zero-order valence-corrected chi connectivity index (χ0v) is 8.95. The Morgan fingerprint density at radius 3 is 2.60 bits per heavy atom. The van der Waals surface area contributed by atoms with Gasteiger partial charge >= 0.3 is 5.97 Å². The zero-order valence-electron chi connectivity index (χ0n) is 8.95. The highest BCUT2D eigenvalue weighted by atomic mass is 16.4. The van der Waals surface area contributed by atoms with Crippen molar-refractivity contribution in [2.75, 3.05) is 13.1 Å². The van der Waals surface area contributed by atoms with Gasteiger partial charge in [-0.25, -0.2) is 0 Å². The molecule has 0 heterocycles. The first-order chi connectivity index (χ1) is 7.15. The van der Waals surface area contributed by atoms with Crippen molar-refractivity contribution in [2.24, 2.45) is 5.92 Å². The average Bonchev–Trinajstić information content (AvgIpc) is 2.12. The SMILES string of the molecule is CCCNC(=O)CNC1CCC1C(=O)O. The summed E-state index contributed by atoms with van der Waals surface area (Å²) < 4.78 is 0. The Bertz CT molecular complexity index is 243. The van der Waals surface area contributed by atoms with Gasteiger partial charge in [-0.15, -0.1) is 0 Å². The predicted octanol–water partition coefficient (Wildman–Crippen LogP) is -0.0346. The van der Waals surface area contributed by atoms with E-state index in [2.05, 4.69) is 10.6 Å². The molecule has 5 nitrogen and oxygen atoms in total. The zero-order chi connectivity index (χ0) is 11.3. The van der Waals surface area contributed by atoms with Crippen LogP contribution in [0.4, 0.5) is 0 Å². The van der Waals surface area contributed by atoms with Crippen molar-refractivity contribution in [1.82, 2.24) is 10.6 Å². The molecule has 0 aromatic heterocycles. The quantitative estimate of drug-likeness (QED) is 0.580. The Hall–Kier alpha value is -1.10. The molecule has 86 valence electrons. The van der Waals surface area contributed by atoms with Crippen LogP contribution in [0.1, 0.15) is 26.2 Å². The van der Waals surface area contributed by atoms with Crippen LogP contribution in [0.2, 0.25) is 0 Å². The molecule has 1 rings (SSSR count). The van der Waals surface area contributed by atoms with Crippen LogP contribution in [-0.4, -0.2) is 36.1 Å². The second-order valence-corrected chi connectivity index (χ2v) is 3.86. The second kappa shape index (κ2) is 5.70. The van der Waals surface area contributed by atoms with Gasteiger partial charge in [0.25, 0.3) is 0 Å². The molecule has 0 aromatic rings. The predicted molar refractivity (Wildman–Crippen MR) is 55.5 cm³/mol. The van der Waals surface area contributed by atoms with Gasteiger partial charge in [0.15, 0.2) is 0 Å². The van der Waals surface area contributed by atoms with Crippen molar-refractivity contribution in [3.63, 3.8) is 0 Å². The minimum Gasteiger partial charge on any atom is -0.481 e. The third kappa shape index (κ3) is 3.51. The van der Waals surface area contributed by atoms with Crippen LogP contribution in [0.25, 0.3) is 0 Å². The van der Waals surface area contributed by atoms with Crippen LogP contribution in [-0.2, 0) is 9.59 Å². The maximum atomic E-state index is 11.2. The average molecular weight is 214 g/mol. The van der Waals surface area contributed by atoms with Crippen LogP contribution in [0.5, 0.6) is 0 Å². The standard InChI is InChI=1S/C10H18N2O3/c1-2-5-11-9(13)6-12-8-4-3-7(8)10(14)15/h7-8,12H,2-6H2,1H3,(H,11,13)(H,14,15). The fourth-order valence-corrected chi connectivity index (χ4v) is 1.59. The van der Waals surface area contributed by atoms with Gasteiger partial charge in [0.1, 0.15) is 0 Å². The third-order valence-electron chi connectivity index (χ3n) is 2.69. The van der Waals surface area contributed by atoms with Crippen molar-refractivity contribution >= 4 is 11.9 Å². The molecule has 1 fully saturated rings. The van der Waals surface area contributed by atoms with E-state index in [4.69, 9.17) is 5.11 Å². The van der Waals surface area contributed by atoms with Crippen molar-refractivity contribution in [3.05, 3.63) is 0 Å². The summed E-state index contributed by atoms with van der Waals surface area (Å²) in [6.45, 7) is 2.88. The Morgan fingerprint density at radius 1 is 1.40 bits per heavy atom. The van der Waals surface area contributed by atoms with Crippen molar-refractivity contribution in [1.29, 1.82) is 0 Å². The van der Waals surface area contributed by atoms with Crippen LogP contribution < -0.4 is 10.6 Å². The number of carbonyl (C=O) groups is 2. The molecule has 0 aromatic carbocycles. The van der Waals surface area contributed by atoms with Gasteiger partial charge < -0.3 is 15.7 Å². The molecule has 1 amide bonds. The smallest absolute Gasteiger partial charge is 0.308 e. The normalized spacial score (nSPS) is 24.3. The summed E-state index contributed by atoms with van der Waals surface area (Å²) in [4.78, 5) is 21.9. The number of aliphatic carboxylic acids is 1. The first-order valence-electron chi connectivity index (χ1n) is 5.38. The van der Waals surface area contributed by atoms with E-state index in [0.29, 0.717) is 13.0 Å². The molecule has 1 saturated carbocycles. The number of carbonyl (C=O) groups excluding carboxylic acids is 1. The summed E-state index contributed by atoms with van der Waals surface area (Å²) in [7, 11) is 0. The second-order valence-electron chi connectivity index (χ2n) is 3.86. The Morgan fingerprint density at radius 2 is 2.13 bits per heavy atom. The number of hydrogen-bond acceptors (Lipinski definition) is 3. The molecular weight excluding hydrogens is 196 g/mol. The van der Waals surface area contributed by atoms with E-state index in [1.807, 2.05) is 6.92 Å². The van der Waals surface area contributed by atoms with Gasteiger partial charge in [-0.05, 0) is 19.3 Å². The number of hydrogen-bond donors (Lipinski definition) is 3. The van der Waals surface area contributed by atoms with Crippen LogP contribution in [0, 0.1) is 5.92 Å². The summed E-state index contributed by atoms with van der Waals surface area (Å²) in [5.74, 6) is -1.15. The first kappa shape index (κ1) is 12.0.